The Balaban J connectivity index is 2.01. The topological polar surface area (TPSA) is 89.7 Å². The number of nitro groups is 1. The lowest BCUT2D eigenvalue weighted by molar-refractivity contribution is -0.386. The maximum atomic E-state index is 12.7. The van der Waals surface area contributed by atoms with Gasteiger partial charge in [0.2, 0.25) is 5.75 Å². The van der Waals surface area contributed by atoms with Gasteiger partial charge in [-0.1, -0.05) is 42.5 Å². The molecule has 1 N–H and O–H groups in total. The molecular weight excluding hydrogens is 322 g/mol. The first-order chi connectivity index (χ1) is 12.0. The highest BCUT2D eigenvalue weighted by Gasteiger charge is 2.22. The lowest BCUT2D eigenvalue weighted by Crippen LogP contribution is -2.06. The maximum absolute atomic E-state index is 12.7. The first kappa shape index (κ1) is 16.4. The molecular formula is C19H15NO5. The van der Waals surface area contributed by atoms with E-state index >= 15 is 0 Å². The Morgan fingerprint density at radius 3 is 2.60 bits per heavy atom. The van der Waals surface area contributed by atoms with E-state index < -0.39 is 16.4 Å². The molecule has 0 saturated carbocycles. The summed E-state index contributed by atoms with van der Waals surface area (Å²) in [5, 5.41) is 22.9. The molecule has 0 aliphatic heterocycles. The predicted molar refractivity (Wildman–Crippen MR) is 93.3 cm³/mol. The SMILES string of the molecule is COc1cc(C(=O)Cc2cccc3ccccc23)cc([N+](=O)[O-])c1O. The molecule has 0 aliphatic rings. The number of Topliss-reactive ketones (excluding diaryl/α,β-unsaturated/α-hetero) is 1. The minimum absolute atomic E-state index is 0.0897. The van der Waals surface area contributed by atoms with Crippen molar-refractivity contribution in [3.05, 3.63) is 75.8 Å². The van der Waals surface area contributed by atoms with Crippen molar-refractivity contribution in [3.63, 3.8) is 0 Å². The number of fused-ring (bicyclic) bond motifs is 1. The minimum Gasteiger partial charge on any atom is -0.500 e. The molecule has 126 valence electrons. The number of carbonyl (C=O) groups is 1. The molecule has 3 aromatic carbocycles. The molecule has 0 amide bonds. The molecule has 6 heteroatoms. The van der Waals surface area contributed by atoms with Crippen LogP contribution in [0.4, 0.5) is 5.69 Å². The molecule has 0 unspecified atom stereocenters. The summed E-state index contributed by atoms with van der Waals surface area (Å²) in [7, 11) is 1.28. The fourth-order valence-corrected chi connectivity index (χ4v) is 2.77. The normalized spacial score (nSPS) is 10.6. The molecule has 25 heavy (non-hydrogen) atoms. The van der Waals surface area contributed by atoms with Gasteiger partial charge in [0.05, 0.1) is 12.0 Å². The van der Waals surface area contributed by atoms with Crippen LogP contribution in [0.25, 0.3) is 10.8 Å². The number of nitro benzene ring substituents is 1. The average molecular weight is 337 g/mol. The third kappa shape index (κ3) is 3.14. The molecule has 0 heterocycles. The summed E-state index contributed by atoms with van der Waals surface area (Å²) in [5.41, 5.74) is 0.396. The minimum atomic E-state index is -0.744. The second kappa shape index (κ2) is 6.60. The van der Waals surface area contributed by atoms with Gasteiger partial charge in [0, 0.05) is 18.1 Å². The summed E-state index contributed by atoms with van der Waals surface area (Å²) in [4.78, 5) is 23.0. The quantitative estimate of drug-likeness (QED) is 0.433. The van der Waals surface area contributed by atoms with E-state index in [9.17, 15) is 20.0 Å². The van der Waals surface area contributed by atoms with Crippen LogP contribution in [0, 0.1) is 10.1 Å². The zero-order valence-corrected chi connectivity index (χ0v) is 13.4. The molecule has 0 saturated heterocycles. The van der Waals surface area contributed by atoms with Gasteiger partial charge in [0.1, 0.15) is 0 Å². The van der Waals surface area contributed by atoms with Crippen molar-refractivity contribution in [2.75, 3.05) is 7.11 Å². The van der Waals surface area contributed by atoms with E-state index in [1.165, 1.54) is 13.2 Å². The molecule has 3 aromatic rings. The van der Waals surface area contributed by atoms with E-state index in [-0.39, 0.29) is 23.5 Å². The van der Waals surface area contributed by atoms with Crippen molar-refractivity contribution < 1.29 is 19.6 Å². The molecule has 3 rings (SSSR count). The summed E-state index contributed by atoms with van der Waals surface area (Å²) in [6.07, 6.45) is 0.0897. The van der Waals surface area contributed by atoms with Gasteiger partial charge < -0.3 is 9.84 Å². The van der Waals surface area contributed by atoms with E-state index in [1.807, 2.05) is 42.5 Å². The zero-order chi connectivity index (χ0) is 18.0. The smallest absolute Gasteiger partial charge is 0.315 e. The third-order valence-electron chi connectivity index (χ3n) is 4.02. The van der Waals surface area contributed by atoms with Crippen molar-refractivity contribution in [2.24, 2.45) is 0 Å². The average Bonchev–Trinajstić information content (AvgIpc) is 2.62. The summed E-state index contributed by atoms with van der Waals surface area (Å²) in [5.74, 6) is -0.984. The largest absolute Gasteiger partial charge is 0.500 e. The first-order valence-corrected chi connectivity index (χ1v) is 7.56. The van der Waals surface area contributed by atoms with Crippen LogP contribution < -0.4 is 4.74 Å². The van der Waals surface area contributed by atoms with Crippen LogP contribution in [0.2, 0.25) is 0 Å². The summed E-state index contributed by atoms with van der Waals surface area (Å²) < 4.78 is 4.94. The summed E-state index contributed by atoms with van der Waals surface area (Å²) in [6, 6.07) is 15.8. The Morgan fingerprint density at radius 2 is 1.88 bits per heavy atom. The van der Waals surface area contributed by atoms with Gasteiger partial charge in [-0.05, 0) is 22.4 Å². The lowest BCUT2D eigenvalue weighted by Gasteiger charge is -2.09. The number of ether oxygens (including phenoxy) is 1. The van der Waals surface area contributed by atoms with E-state index in [4.69, 9.17) is 4.74 Å². The molecule has 0 aromatic heterocycles. The Labute approximate surface area is 143 Å². The standard InChI is InChI=1S/C19H15NO5/c1-25-18-11-14(9-16(19(18)22)20(23)24)17(21)10-13-7-4-6-12-5-2-3-8-15(12)13/h2-9,11,22H,10H2,1H3. The van der Waals surface area contributed by atoms with Crippen LogP contribution in [-0.4, -0.2) is 22.9 Å². The number of aromatic hydroxyl groups is 1. The predicted octanol–water partition coefficient (Wildman–Crippen LogP) is 3.89. The van der Waals surface area contributed by atoms with Gasteiger partial charge in [-0.25, -0.2) is 0 Å². The highest BCUT2D eigenvalue weighted by Crippen LogP contribution is 2.37. The molecule has 6 nitrogen and oxygen atoms in total. The number of phenols is 1. The summed E-state index contributed by atoms with van der Waals surface area (Å²) in [6.45, 7) is 0. The Morgan fingerprint density at radius 1 is 1.16 bits per heavy atom. The van der Waals surface area contributed by atoms with Crippen molar-refractivity contribution >= 4 is 22.2 Å². The molecule has 0 radical (unpaired) electrons. The van der Waals surface area contributed by atoms with Gasteiger partial charge >= 0.3 is 5.69 Å². The van der Waals surface area contributed by atoms with Gasteiger partial charge in [-0.15, -0.1) is 0 Å². The second-order valence-electron chi connectivity index (χ2n) is 5.54. The number of benzene rings is 3. The monoisotopic (exact) mass is 337 g/mol. The Bertz CT molecular complexity index is 975. The molecule has 0 bridgehead atoms. The number of phenolic OH excluding ortho intramolecular Hbond substituents is 1. The molecule has 0 fully saturated rings. The van der Waals surface area contributed by atoms with Crippen LogP contribution in [0.3, 0.4) is 0 Å². The van der Waals surface area contributed by atoms with Crippen molar-refractivity contribution in [1.82, 2.24) is 0 Å². The number of methoxy groups -OCH3 is 1. The number of carbonyl (C=O) groups excluding carboxylic acids is 1. The molecule has 0 aliphatic carbocycles. The number of nitrogens with zero attached hydrogens (tertiary/aromatic N) is 1. The van der Waals surface area contributed by atoms with Gasteiger partial charge in [-0.3, -0.25) is 14.9 Å². The van der Waals surface area contributed by atoms with E-state index in [0.29, 0.717) is 0 Å². The lowest BCUT2D eigenvalue weighted by atomic mass is 9.97. The first-order valence-electron chi connectivity index (χ1n) is 7.56. The van der Waals surface area contributed by atoms with E-state index in [1.54, 1.807) is 0 Å². The van der Waals surface area contributed by atoms with Crippen molar-refractivity contribution in [2.45, 2.75) is 6.42 Å². The number of hydrogen-bond acceptors (Lipinski definition) is 5. The fraction of sp³-hybridized carbons (Fsp3) is 0.105. The van der Waals surface area contributed by atoms with Crippen molar-refractivity contribution in [3.8, 4) is 11.5 Å². The number of rotatable bonds is 5. The maximum Gasteiger partial charge on any atom is 0.315 e. The third-order valence-corrected chi connectivity index (χ3v) is 4.02. The number of hydrogen-bond donors (Lipinski definition) is 1. The Kier molecular flexibility index (Phi) is 4.35. The van der Waals surface area contributed by atoms with E-state index in [2.05, 4.69) is 0 Å². The van der Waals surface area contributed by atoms with Gasteiger partial charge in [-0.2, -0.15) is 0 Å². The molecule has 0 atom stereocenters. The van der Waals surface area contributed by atoms with Crippen LogP contribution in [0.1, 0.15) is 15.9 Å². The second-order valence-corrected chi connectivity index (χ2v) is 5.54. The zero-order valence-electron chi connectivity index (χ0n) is 13.4. The van der Waals surface area contributed by atoms with Crippen molar-refractivity contribution in [1.29, 1.82) is 0 Å². The Hall–Kier alpha value is -3.41. The highest BCUT2D eigenvalue weighted by atomic mass is 16.6. The fourth-order valence-electron chi connectivity index (χ4n) is 2.77. The van der Waals surface area contributed by atoms with E-state index in [0.717, 1.165) is 22.4 Å². The van der Waals surface area contributed by atoms with Gasteiger partial charge in [0.25, 0.3) is 0 Å². The number of ketones is 1. The van der Waals surface area contributed by atoms with Crippen LogP contribution in [-0.2, 0) is 6.42 Å². The highest BCUT2D eigenvalue weighted by molar-refractivity contribution is 6.01. The van der Waals surface area contributed by atoms with Crippen LogP contribution >= 0.6 is 0 Å². The van der Waals surface area contributed by atoms with Crippen LogP contribution in [0.15, 0.2) is 54.6 Å². The van der Waals surface area contributed by atoms with Crippen LogP contribution in [0.5, 0.6) is 11.5 Å². The molecule has 0 spiro atoms. The summed E-state index contributed by atoms with van der Waals surface area (Å²) >= 11 is 0. The van der Waals surface area contributed by atoms with Gasteiger partial charge in [0.15, 0.2) is 11.5 Å².